The molecule has 10 nitrogen and oxygen atoms in total. The molecule has 0 aromatic carbocycles. The van der Waals surface area contributed by atoms with Gasteiger partial charge in [-0.3, -0.25) is 14.6 Å². The van der Waals surface area contributed by atoms with Crippen molar-refractivity contribution < 1.29 is 28.5 Å². The highest BCUT2D eigenvalue weighted by molar-refractivity contribution is 7.99. The molecule has 6 heterocycles. The molecular formula is C45H58N4O6S. The number of aromatic nitrogens is 4. The van der Waals surface area contributed by atoms with Crippen molar-refractivity contribution in [2.75, 3.05) is 25.6 Å². The molecule has 1 saturated heterocycles. The number of thioether (sulfide) groups is 1. The Morgan fingerprint density at radius 1 is 0.929 bits per heavy atom. The van der Waals surface area contributed by atoms with Gasteiger partial charge in [-0.15, -0.1) is 11.8 Å². The zero-order valence-electron chi connectivity index (χ0n) is 34.3. The molecule has 3 aliphatic rings. The summed E-state index contributed by atoms with van der Waals surface area (Å²) in [6.07, 6.45) is 6.18. The molecule has 3 aromatic heterocycles. The van der Waals surface area contributed by atoms with E-state index in [4.69, 9.17) is 28.9 Å². The van der Waals surface area contributed by atoms with Crippen molar-refractivity contribution in [1.29, 1.82) is 0 Å². The first kappa shape index (κ1) is 41.4. The average molecular weight is 783 g/mol. The van der Waals surface area contributed by atoms with Crippen LogP contribution >= 0.6 is 11.8 Å². The molecule has 0 spiro atoms. The fraction of sp³-hybridized carbons (Fsp3) is 0.511. The standard InChI is InChI=1S/C45H58N4O6S/c1-10-34-27(5)40-23-43-35(11-2)26(4)39(47-43)22-41-28(6)36(45(49-41)29(7)38-18-25(3)37(46-38)21-42(34)48-40)14-12-15-52-16-13-17-56-44-20-32(54-31(9)51)19-33(55-44)24-53-30(8)50/h11,18,21-23,28,32-33,36,44,46-47H,2,10,12-17,19-20,24H2,1,3-9H3/t28-,32-,33-,36-,44-/m0/s1. The number of esters is 2. The molecule has 8 bridgehead atoms. The largest absolute Gasteiger partial charge is 0.463 e. The Bertz CT molecular complexity index is 2150. The van der Waals surface area contributed by atoms with Crippen molar-refractivity contribution >= 4 is 63.0 Å². The van der Waals surface area contributed by atoms with Gasteiger partial charge in [0.2, 0.25) is 0 Å². The number of ether oxygens (including phenoxy) is 4. The summed E-state index contributed by atoms with van der Waals surface area (Å²) in [4.78, 5) is 40.9. The maximum absolute atomic E-state index is 11.6. The van der Waals surface area contributed by atoms with Gasteiger partial charge in [0, 0.05) is 90.8 Å². The number of carbonyl (C=O) groups is 2. The van der Waals surface area contributed by atoms with E-state index < -0.39 is 0 Å². The minimum Gasteiger partial charge on any atom is -0.463 e. The van der Waals surface area contributed by atoms with Gasteiger partial charge in [-0.25, -0.2) is 4.98 Å². The van der Waals surface area contributed by atoms with E-state index in [0.29, 0.717) is 26.1 Å². The Kier molecular flexibility index (Phi) is 13.6. The number of allylic oxidation sites excluding steroid dienone is 2. The zero-order valence-corrected chi connectivity index (χ0v) is 35.1. The van der Waals surface area contributed by atoms with Gasteiger partial charge in [0.25, 0.3) is 0 Å². The van der Waals surface area contributed by atoms with Gasteiger partial charge in [0.1, 0.15) is 18.1 Å². The van der Waals surface area contributed by atoms with Gasteiger partial charge < -0.3 is 28.9 Å². The van der Waals surface area contributed by atoms with Crippen LogP contribution in [0, 0.1) is 20.8 Å². The summed E-state index contributed by atoms with van der Waals surface area (Å²) < 4.78 is 23.0. The van der Waals surface area contributed by atoms with Crippen LogP contribution in [0.4, 0.5) is 0 Å². The van der Waals surface area contributed by atoms with Crippen LogP contribution in [-0.2, 0) is 28.5 Å². The molecule has 0 saturated carbocycles. The maximum Gasteiger partial charge on any atom is 0.302 e. The number of fused-ring (bicyclic) bond motifs is 8. The predicted octanol–water partition coefficient (Wildman–Crippen LogP) is 10.0. The molecule has 1 fully saturated rings. The van der Waals surface area contributed by atoms with Crippen molar-refractivity contribution in [2.24, 2.45) is 0 Å². The second-order valence-corrected chi connectivity index (χ2v) is 16.6. The molecule has 5 atom stereocenters. The summed E-state index contributed by atoms with van der Waals surface area (Å²) in [6, 6.07) is 8.83. The van der Waals surface area contributed by atoms with Gasteiger partial charge in [-0.05, 0) is 111 Å². The molecule has 6 rings (SSSR count). The third-order valence-electron chi connectivity index (χ3n) is 11.4. The van der Waals surface area contributed by atoms with Crippen molar-refractivity contribution in [3.8, 4) is 0 Å². The number of hydrogen-bond acceptors (Lipinski definition) is 9. The lowest BCUT2D eigenvalue weighted by Gasteiger charge is -2.34. The Morgan fingerprint density at radius 3 is 2.39 bits per heavy atom. The average Bonchev–Trinajstić information content (AvgIpc) is 3.85. The number of carbonyl (C=O) groups excluding carboxylic acids is 2. The van der Waals surface area contributed by atoms with E-state index >= 15 is 0 Å². The molecule has 56 heavy (non-hydrogen) atoms. The van der Waals surface area contributed by atoms with Crippen LogP contribution in [0.5, 0.6) is 0 Å². The summed E-state index contributed by atoms with van der Waals surface area (Å²) in [7, 11) is 0. The Morgan fingerprint density at radius 2 is 1.66 bits per heavy atom. The lowest BCUT2D eigenvalue weighted by molar-refractivity contribution is -0.162. The topological polar surface area (TPSA) is 128 Å². The third kappa shape index (κ3) is 9.49. The summed E-state index contributed by atoms with van der Waals surface area (Å²) in [5.41, 5.74) is 15.3. The fourth-order valence-electron chi connectivity index (χ4n) is 8.24. The Hall–Kier alpha value is -4.19. The highest BCUT2D eigenvalue weighted by atomic mass is 32.2. The van der Waals surface area contributed by atoms with Crippen LogP contribution in [0.25, 0.3) is 39.3 Å². The van der Waals surface area contributed by atoms with Crippen LogP contribution in [0.15, 0.2) is 30.8 Å². The minimum absolute atomic E-state index is 0.137. The highest BCUT2D eigenvalue weighted by Gasteiger charge is 2.33. The molecule has 0 unspecified atom stereocenters. The number of nitrogens with zero attached hydrogens (tertiary/aromatic N) is 2. The molecule has 300 valence electrons. The zero-order chi connectivity index (χ0) is 40.1. The first-order chi connectivity index (χ1) is 26.9. The normalized spacial score (nSPS) is 21.0. The van der Waals surface area contributed by atoms with Gasteiger partial charge >= 0.3 is 11.9 Å². The molecule has 3 aliphatic heterocycles. The smallest absolute Gasteiger partial charge is 0.302 e. The Balaban J connectivity index is 1.16. The van der Waals surface area contributed by atoms with Crippen molar-refractivity contribution in [2.45, 2.75) is 123 Å². The molecule has 0 radical (unpaired) electrons. The summed E-state index contributed by atoms with van der Waals surface area (Å²) in [5.74, 6) is 0.653. The third-order valence-corrected chi connectivity index (χ3v) is 12.6. The molecule has 2 N–H and O–H groups in total. The molecule has 0 aliphatic carbocycles. The van der Waals surface area contributed by atoms with Crippen LogP contribution in [0.1, 0.15) is 130 Å². The van der Waals surface area contributed by atoms with E-state index in [1.165, 1.54) is 36.1 Å². The van der Waals surface area contributed by atoms with Crippen molar-refractivity contribution in [1.82, 2.24) is 19.9 Å². The van der Waals surface area contributed by atoms with E-state index in [-0.39, 0.29) is 48.0 Å². The lowest BCUT2D eigenvalue weighted by atomic mass is 9.86. The summed E-state index contributed by atoms with van der Waals surface area (Å²) in [6.45, 7) is 21.6. The SMILES string of the molecule is C=Cc1c(C)c2cc3nc(c(C)c4cc(C)c(cc5nc(cc1[nH]2)C(C)=C5CC)[nH]4)[C@@H](CCCOCCCS[C@H]1C[C@@H](OC(C)=O)C[C@@H](COC(C)=O)O1)[C@@H]3C. The van der Waals surface area contributed by atoms with Gasteiger partial charge in [-0.2, -0.15) is 0 Å². The van der Waals surface area contributed by atoms with Gasteiger partial charge in [0.05, 0.1) is 17.5 Å². The number of rotatable bonds is 14. The number of nitrogens with one attached hydrogen (secondary N) is 2. The van der Waals surface area contributed by atoms with Crippen molar-refractivity contribution in [3.05, 3.63) is 75.9 Å². The second-order valence-electron chi connectivity index (χ2n) is 15.4. The number of hydrogen-bond donors (Lipinski definition) is 2. The predicted molar refractivity (Wildman–Crippen MR) is 226 cm³/mol. The van der Waals surface area contributed by atoms with Crippen LogP contribution < -0.4 is 0 Å². The molecule has 3 aromatic rings. The van der Waals surface area contributed by atoms with Crippen LogP contribution in [0.2, 0.25) is 0 Å². The maximum atomic E-state index is 11.6. The molecule has 0 amide bonds. The van der Waals surface area contributed by atoms with E-state index in [9.17, 15) is 9.59 Å². The lowest BCUT2D eigenvalue weighted by Crippen LogP contribution is -2.39. The van der Waals surface area contributed by atoms with Gasteiger partial charge in [0.15, 0.2) is 0 Å². The first-order valence-corrected chi connectivity index (χ1v) is 21.1. The monoisotopic (exact) mass is 782 g/mol. The molecular weight excluding hydrogens is 725 g/mol. The van der Waals surface area contributed by atoms with Gasteiger partial charge in [-0.1, -0.05) is 26.5 Å². The van der Waals surface area contributed by atoms with E-state index in [2.05, 4.69) is 82.4 Å². The molecule has 11 heteroatoms. The number of H-pyrrole nitrogens is 2. The fourth-order valence-corrected chi connectivity index (χ4v) is 9.38. The quantitative estimate of drug-likeness (QED) is 0.121. The van der Waals surface area contributed by atoms with E-state index in [1.807, 2.05) is 6.08 Å². The minimum atomic E-state index is -0.350. The van der Waals surface area contributed by atoms with E-state index in [1.54, 1.807) is 11.8 Å². The first-order valence-electron chi connectivity index (χ1n) is 20.1. The highest BCUT2D eigenvalue weighted by Crippen LogP contribution is 2.42. The number of aromatic amines is 2. The second kappa shape index (κ2) is 18.4. The summed E-state index contributed by atoms with van der Waals surface area (Å²) in [5, 5.41) is 0. The Labute approximate surface area is 335 Å². The van der Waals surface area contributed by atoms with E-state index in [0.717, 1.165) is 87.4 Å². The number of aryl methyl sites for hydroxylation is 3. The van der Waals surface area contributed by atoms with Crippen LogP contribution in [0.3, 0.4) is 0 Å². The van der Waals surface area contributed by atoms with Crippen molar-refractivity contribution in [3.63, 3.8) is 0 Å². The van der Waals surface area contributed by atoms with Crippen LogP contribution in [-0.4, -0.2) is 75.1 Å². The summed E-state index contributed by atoms with van der Waals surface area (Å²) >= 11 is 1.69.